The van der Waals surface area contributed by atoms with Crippen LogP contribution in [0.15, 0.2) is 12.3 Å². The molecular formula is C16H22ClN3O. The summed E-state index contributed by atoms with van der Waals surface area (Å²) in [5.41, 5.74) is 1.29. The molecule has 3 rings (SSSR count). The lowest BCUT2D eigenvalue weighted by Gasteiger charge is -2.36. The van der Waals surface area contributed by atoms with Crippen LogP contribution >= 0.6 is 11.6 Å². The van der Waals surface area contributed by atoms with Gasteiger partial charge in [0.05, 0.1) is 10.6 Å². The fourth-order valence-corrected chi connectivity index (χ4v) is 4.01. The van der Waals surface area contributed by atoms with Crippen molar-refractivity contribution in [1.82, 2.24) is 15.2 Å². The van der Waals surface area contributed by atoms with E-state index in [0.29, 0.717) is 28.6 Å². The Morgan fingerprint density at radius 3 is 2.71 bits per heavy atom. The highest BCUT2D eigenvalue weighted by Gasteiger charge is 2.38. The first-order valence-electron chi connectivity index (χ1n) is 7.67. The fraction of sp³-hybridized carbons (Fsp3) is 0.625. The molecule has 0 radical (unpaired) electrons. The zero-order valence-electron chi connectivity index (χ0n) is 12.6. The molecule has 0 saturated carbocycles. The van der Waals surface area contributed by atoms with Gasteiger partial charge in [-0.2, -0.15) is 0 Å². The molecule has 1 N–H and O–H groups in total. The Bertz CT molecular complexity index is 534. The van der Waals surface area contributed by atoms with E-state index in [0.717, 1.165) is 12.2 Å². The van der Waals surface area contributed by atoms with E-state index in [1.54, 1.807) is 12.3 Å². The molecule has 2 unspecified atom stereocenters. The van der Waals surface area contributed by atoms with Crippen molar-refractivity contribution < 1.29 is 4.79 Å². The Kier molecular flexibility index (Phi) is 4.18. The van der Waals surface area contributed by atoms with Crippen LogP contribution in [0.2, 0.25) is 5.02 Å². The van der Waals surface area contributed by atoms with Crippen LogP contribution < -0.4 is 5.32 Å². The van der Waals surface area contributed by atoms with Crippen molar-refractivity contribution in [2.24, 2.45) is 5.92 Å². The van der Waals surface area contributed by atoms with Crippen molar-refractivity contribution in [3.8, 4) is 0 Å². The summed E-state index contributed by atoms with van der Waals surface area (Å²) in [4.78, 5) is 18.9. The van der Waals surface area contributed by atoms with Gasteiger partial charge in [0.1, 0.15) is 0 Å². The summed E-state index contributed by atoms with van der Waals surface area (Å²) < 4.78 is 0. The van der Waals surface area contributed by atoms with Crippen molar-refractivity contribution in [3.63, 3.8) is 0 Å². The number of pyridine rings is 1. The van der Waals surface area contributed by atoms with Gasteiger partial charge in [0, 0.05) is 30.5 Å². The number of hydrogen-bond donors (Lipinski definition) is 1. The molecule has 2 saturated heterocycles. The number of amides is 1. The molecule has 4 nitrogen and oxygen atoms in total. The first-order valence-corrected chi connectivity index (χ1v) is 8.04. The smallest absolute Gasteiger partial charge is 0.254 e. The summed E-state index contributed by atoms with van der Waals surface area (Å²) in [5, 5.41) is 3.51. The highest BCUT2D eigenvalue weighted by atomic mass is 35.5. The molecule has 114 valence electrons. The van der Waals surface area contributed by atoms with E-state index in [-0.39, 0.29) is 5.91 Å². The molecule has 1 aromatic heterocycles. The lowest BCUT2D eigenvalue weighted by molar-refractivity contribution is 0.0917. The maximum atomic E-state index is 12.2. The number of hydrogen-bond acceptors (Lipinski definition) is 3. The minimum Gasteiger partial charge on any atom is -0.352 e. The zero-order valence-corrected chi connectivity index (χ0v) is 13.4. The molecule has 2 aliphatic heterocycles. The van der Waals surface area contributed by atoms with Crippen LogP contribution in [-0.4, -0.2) is 41.5 Å². The molecule has 0 aromatic carbocycles. The molecule has 1 aromatic rings. The van der Waals surface area contributed by atoms with Gasteiger partial charge in [-0.05, 0) is 51.6 Å². The SMILES string of the molecule is Cc1cc(Cl)c(C(=O)NCC2CC3CCC(C2)N3C)cn1. The molecule has 5 heteroatoms. The first-order chi connectivity index (χ1) is 10.0. The Balaban J connectivity index is 1.57. The molecule has 2 fully saturated rings. The van der Waals surface area contributed by atoms with E-state index >= 15 is 0 Å². The minimum absolute atomic E-state index is 0.112. The average Bonchev–Trinajstić information content (AvgIpc) is 2.67. The quantitative estimate of drug-likeness (QED) is 0.934. The predicted octanol–water partition coefficient (Wildman–Crippen LogP) is 2.65. The summed E-state index contributed by atoms with van der Waals surface area (Å²) in [6.07, 6.45) is 6.55. The molecule has 1 amide bonds. The van der Waals surface area contributed by atoms with Crippen LogP contribution in [-0.2, 0) is 0 Å². The number of fused-ring (bicyclic) bond motifs is 2. The highest BCUT2D eigenvalue weighted by molar-refractivity contribution is 6.33. The number of aromatic nitrogens is 1. The molecule has 0 spiro atoms. The van der Waals surface area contributed by atoms with Crippen molar-refractivity contribution in [1.29, 1.82) is 0 Å². The average molecular weight is 308 g/mol. The van der Waals surface area contributed by atoms with E-state index in [9.17, 15) is 4.79 Å². The molecule has 2 bridgehead atoms. The van der Waals surface area contributed by atoms with Gasteiger partial charge in [0.2, 0.25) is 0 Å². The minimum atomic E-state index is -0.112. The van der Waals surface area contributed by atoms with Crippen LogP contribution in [0.3, 0.4) is 0 Å². The Morgan fingerprint density at radius 1 is 1.43 bits per heavy atom. The van der Waals surface area contributed by atoms with Gasteiger partial charge in [-0.3, -0.25) is 9.78 Å². The Morgan fingerprint density at radius 2 is 2.10 bits per heavy atom. The van der Waals surface area contributed by atoms with Crippen molar-refractivity contribution in [3.05, 3.63) is 28.5 Å². The van der Waals surface area contributed by atoms with E-state index in [1.165, 1.54) is 25.7 Å². The maximum Gasteiger partial charge on any atom is 0.254 e. The van der Waals surface area contributed by atoms with Gasteiger partial charge in [-0.15, -0.1) is 0 Å². The van der Waals surface area contributed by atoms with Gasteiger partial charge < -0.3 is 10.2 Å². The third kappa shape index (κ3) is 3.06. The van der Waals surface area contributed by atoms with Crippen LogP contribution in [0, 0.1) is 12.8 Å². The Hall–Kier alpha value is -1.13. The summed E-state index contributed by atoms with van der Waals surface area (Å²) in [6.45, 7) is 2.60. The van der Waals surface area contributed by atoms with Crippen LogP contribution in [0.1, 0.15) is 41.7 Å². The third-order valence-electron chi connectivity index (χ3n) is 4.98. The van der Waals surface area contributed by atoms with Gasteiger partial charge in [0.25, 0.3) is 5.91 Å². The summed E-state index contributed by atoms with van der Waals surface area (Å²) in [7, 11) is 2.23. The monoisotopic (exact) mass is 307 g/mol. The second-order valence-electron chi connectivity index (χ2n) is 6.40. The van der Waals surface area contributed by atoms with Crippen molar-refractivity contribution in [2.45, 2.75) is 44.7 Å². The predicted molar refractivity (Wildman–Crippen MR) is 83.6 cm³/mol. The molecule has 0 aliphatic carbocycles. The maximum absolute atomic E-state index is 12.2. The topological polar surface area (TPSA) is 45.2 Å². The van der Waals surface area contributed by atoms with E-state index in [4.69, 9.17) is 11.6 Å². The Labute approximate surface area is 130 Å². The third-order valence-corrected chi connectivity index (χ3v) is 5.29. The molecule has 3 heterocycles. The second-order valence-corrected chi connectivity index (χ2v) is 6.81. The molecule has 21 heavy (non-hydrogen) atoms. The number of nitrogens with one attached hydrogen (secondary N) is 1. The van der Waals surface area contributed by atoms with Gasteiger partial charge in [-0.1, -0.05) is 11.6 Å². The number of halogens is 1. The fourth-order valence-electron chi connectivity index (χ4n) is 3.72. The number of aryl methyl sites for hydroxylation is 1. The summed E-state index contributed by atoms with van der Waals surface area (Å²) >= 11 is 6.11. The normalized spacial score (nSPS) is 28.6. The number of piperidine rings is 1. The number of carbonyl (C=O) groups excluding carboxylic acids is 1. The van der Waals surface area contributed by atoms with Crippen LogP contribution in [0.25, 0.3) is 0 Å². The van der Waals surface area contributed by atoms with E-state index in [2.05, 4.69) is 22.2 Å². The molecule has 2 aliphatic rings. The van der Waals surface area contributed by atoms with Crippen molar-refractivity contribution in [2.75, 3.05) is 13.6 Å². The zero-order chi connectivity index (χ0) is 15.0. The lowest BCUT2D eigenvalue weighted by atomic mass is 9.91. The molecular weight excluding hydrogens is 286 g/mol. The van der Waals surface area contributed by atoms with E-state index in [1.807, 2.05) is 6.92 Å². The first kappa shape index (κ1) is 14.8. The lowest BCUT2D eigenvalue weighted by Crippen LogP contribution is -2.43. The van der Waals surface area contributed by atoms with Crippen LogP contribution in [0.4, 0.5) is 0 Å². The summed E-state index contributed by atoms with van der Waals surface area (Å²) in [5.74, 6) is 0.471. The van der Waals surface area contributed by atoms with Crippen molar-refractivity contribution >= 4 is 17.5 Å². The molecule has 2 atom stereocenters. The summed E-state index contributed by atoms with van der Waals surface area (Å²) in [6, 6.07) is 3.14. The number of rotatable bonds is 3. The van der Waals surface area contributed by atoms with Gasteiger partial charge >= 0.3 is 0 Å². The highest BCUT2D eigenvalue weighted by Crippen LogP contribution is 2.37. The van der Waals surface area contributed by atoms with Crippen LogP contribution in [0.5, 0.6) is 0 Å². The standard InChI is InChI=1S/C16H22ClN3O/c1-10-5-15(17)14(9-18-10)16(21)19-8-11-6-12-3-4-13(7-11)20(12)2/h5,9,11-13H,3-4,6-8H2,1-2H3,(H,19,21). The number of nitrogens with zero attached hydrogens (tertiary/aromatic N) is 2. The van der Waals surface area contributed by atoms with Gasteiger partial charge in [0.15, 0.2) is 0 Å². The van der Waals surface area contributed by atoms with E-state index < -0.39 is 0 Å². The number of carbonyl (C=O) groups is 1. The largest absolute Gasteiger partial charge is 0.352 e. The van der Waals surface area contributed by atoms with Gasteiger partial charge in [-0.25, -0.2) is 0 Å². The second kappa shape index (κ2) is 5.93.